The van der Waals surface area contributed by atoms with Crippen LogP contribution in [0.15, 0.2) is 0 Å². The molecule has 0 bridgehead atoms. The van der Waals surface area contributed by atoms with Crippen LogP contribution < -0.4 is 0 Å². The second-order valence-electron chi connectivity index (χ2n) is 2.90. The van der Waals surface area contributed by atoms with E-state index in [1.807, 2.05) is 0 Å². The second-order valence-corrected chi connectivity index (χ2v) is 3.53. The Morgan fingerprint density at radius 3 is 2.60 bits per heavy atom. The molecule has 2 fully saturated rings. The summed E-state index contributed by atoms with van der Waals surface area (Å²) < 4.78 is 30.4. The van der Waals surface area contributed by atoms with E-state index in [1.54, 1.807) is 0 Å². The minimum atomic E-state index is -1.95. The fraction of sp³-hybridized carbons (Fsp3) is 1.00. The molecule has 1 aliphatic heterocycles. The molecule has 0 aromatic carbocycles. The summed E-state index contributed by atoms with van der Waals surface area (Å²) in [6.45, 7) is 0. The molecule has 0 radical (unpaired) electrons. The molecule has 10 heavy (non-hydrogen) atoms. The monoisotopic (exact) mass is 168 g/mol. The van der Waals surface area contributed by atoms with Gasteiger partial charge in [0.25, 0.3) is 0 Å². The van der Waals surface area contributed by atoms with Crippen LogP contribution in [0.25, 0.3) is 0 Å². The Hall–Kier alpha value is 0.110. The predicted octanol–water partition coefficient (Wildman–Crippen LogP) is 2.14. The van der Waals surface area contributed by atoms with Crippen molar-refractivity contribution in [2.45, 2.75) is 36.3 Å². The first-order chi connectivity index (χ1) is 4.55. The summed E-state index contributed by atoms with van der Waals surface area (Å²) in [7, 11) is 0. The predicted molar refractivity (Wildman–Crippen MR) is 32.3 cm³/mol. The molecular formula is C6H7ClF2O. The van der Waals surface area contributed by atoms with Gasteiger partial charge in [-0.05, 0) is 12.8 Å². The summed E-state index contributed by atoms with van der Waals surface area (Å²) in [5, 5.41) is -1.95. The molecule has 1 heterocycles. The molecule has 0 amide bonds. The van der Waals surface area contributed by atoms with Crippen molar-refractivity contribution in [2.24, 2.45) is 0 Å². The van der Waals surface area contributed by atoms with E-state index in [2.05, 4.69) is 4.74 Å². The fourth-order valence-electron chi connectivity index (χ4n) is 1.45. The van der Waals surface area contributed by atoms with Crippen molar-refractivity contribution in [3.8, 4) is 0 Å². The van der Waals surface area contributed by atoms with Crippen LogP contribution in [-0.2, 0) is 4.74 Å². The summed E-state index contributed by atoms with van der Waals surface area (Å²) in [4.78, 5) is 0. The van der Waals surface area contributed by atoms with E-state index < -0.39 is 17.1 Å². The normalized spacial score (nSPS) is 59.7. The van der Waals surface area contributed by atoms with Crippen molar-refractivity contribution in [1.29, 1.82) is 0 Å². The Morgan fingerprint density at radius 2 is 2.10 bits per heavy atom. The van der Waals surface area contributed by atoms with Crippen LogP contribution >= 0.6 is 11.6 Å². The van der Waals surface area contributed by atoms with Crippen LogP contribution in [0.4, 0.5) is 8.78 Å². The Labute approximate surface area is 62.3 Å². The maximum absolute atomic E-state index is 13.0. The highest BCUT2D eigenvalue weighted by Crippen LogP contribution is 2.56. The van der Waals surface area contributed by atoms with Gasteiger partial charge in [0.05, 0.1) is 0 Å². The molecular weight excluding hydrogens is 162 g/mol. The molecule has 58 valence electrons. The largest absolute Gasteiger partial charge is 0.329 e. The van der Waals surface area contributed by atoms with Crippen LogP contribution in [-0.4, -0.2) is 17.1 Å². The van der Waals surface area contributed by atoms with E-state index in [0.717, 1.165) is 0 Å². The van der Waals surface area contributed by atoms with E-state index in [0.29, 0.717) is 6.42 Å². The highest BCUT2D eigenvalue weighted by molar-refractivity contribution is 6.23. The number of fused-ring (bicyclic) bond motifs is 1. The van der Waals surface area contributed by atoms with Gasteiger partial charge in [-0.15, -0.1) is 0 Å². The standard InChI is InChI=1S/C6H7ClF2O/c7-5(8)2-1-3-6(9)4(5)10-6/h4H,1-3H2/t4-,5+,6+/m0/s1. The van der Waals surface area contributed by atoms with Gasteiger partial charge in [0, 0.05) is 6.42 Å². The van der Waals surface area contributed by atoms with Crippen molar-refractivity contribution in [3.63, 3.8) is 0 Å². The third kappa shape index (κ3) is 0.768. The number of rotatable bonds is 0. The lowest BCUT2D eigenvalue weighted by molar-refractivity contribution is 0.120. The van der Waals surface area contributed by atoms with E-state index in [9.17, 15) is 8.78 Å². The van der Waals surface area contributed by atoms with E-state index in [1.165, 1.54) is 0 Å². The van der Waals surface area contributed by atoms with Gasteiger partial charge in [0.2, 0.25) is 11.0 Å². The molecule has 0 N–H and O–H groups in total. The first kappa shape index (κ1) is 6.80. The summed E-state index contributed by atoms with van der Waals surface area (Å²) in [5.74, 6) is -1.73. The zero-order valence-corrected chi connectivity index (χ0v) is 6.00. The van der Waals surface area contributed by atoms with E-state index in [4.69, 9.17) is 11.6 Å². The maximum Gasteiger partial charge on any atom is 0.240 e. The molecule has 1 nitrogen and oxygen atoms in total. The third-order valence-electron chi connectivity index (χ3n) is 2.06. The lowest BCUT2D eigenvalue weighted by Gasteiger charge is -2.20. The van der Waals surface area contributed by atoms with Gasteiger partial charge in [-0.3, -0.25) is 0 Å². The van der Waals surface area contributed by atoms with Crippen molar-refractivity contribution in [3.05, 3.63) is 0 Å². The minimum Gasteiger partial charge on any atom is -0.329 e. The maximum atomic E-state index is 13.0. The van der Waals surface area contributed by atoms with Crippen LogP contribution in [0, 0.1) is 0 Å². The zero-order valence-electron chi connectivity index (χ0n) is 5.24. The van der Waals surface area contributed by atoms with Gasteiger partial charge < -0.3 is 4.74 Å². The lowest BCUT2D eigenvalue weighted by Crippen LogP contribution is -2.32. The van der Waals surface area contributed by atoms with Crippen molar-refractivity contribution < 1.29 is 13.5 Å². The highest BCUT2D eigenvalue weighted by atomic mass is 35.5. The number of hydrogen-bond acceptors (Lipinski definition) is 1. The van der Waals surface area contributed by atoms with Crippen LogP contribution in [0.1, 0.15) is 19.3 Å². The number of ether oxygens (including phenoxy) is 1. The van der Waals surface area contributed by atoms with Gasteiger partial charge in [-0.2, -0.15) is 0 Å². The minimum absolute atomic E-state index is 0.199. The molecule has 0 aromatic rings. The topological polar surface area (TPSA) is 12.5 Å². The molecule has 3 atom stereocenters. The molecule has 2 aliphatic rings. The summed E-state index contributed by atoms with van der Waals surface area (Å²) in [6.07, 6.45) is -0.0519. The van der Waals surface area contributed by atoms with Gasteiger partial charge in [-0.1, -0.05) is 11.6 Å². The van der Waals surface area contributed by atoms with Crippen molar-refractivity contribution in [1.82, 2.24) is 0 Å². The average molecular weight is 169 g/mol. The number of epoxide rings is 1. The second kappa shape index (κ2) is 1.64. The number of hydrogen-bond donors (Lipinski definition) is 0. The lowest BCUT2D eigenvalue weighted by atomic mass is 9.97. The van der Waals surface area contributed by atoms with Crippen molar-refractivity contribution >= 4 is 11.6 Å². The first-order valence-corrected chi connectivity index (χ1v) is 3.67. The fourth-order valence-corrected chi connectivity index (χ4v) is 1.79. The Kier molecular flexibility index (Phi) is 1.12. The van der Waals surface area contributed by atoms with E-state index >= 15 is 0 Å². The zero-order chi connectivity index (χ0) is 7.41. The van der Waals surface area contributed by atoms with E-state index in [-0.39, 0.29) is 12.8 Å². The quantitative estimate of drug-likeness (QED) is 0.399. The Bertz CT molecular complexity index is 173. The molecule has 2 rings (SSSR count). The average Bonchev–Trinajstić information content (AvgIpc) is 2.41. The number of alkyl halides is 3. The Morgan fingerprint density at radius 1 is 1.40 bits per heavy atom. The van der Waals surface area contributed by atoms with Crippen LogP contribution in [0.3, 0.4) is 0 Å². The summed E-state index contributed by atoms with van der Waals surface area (Å²) in [6, 6.07) is 0. The number of halogens is 3. The van der Waals surface area contributed by atoms with Gasteiger partial charge >= 0.3 is 0 Å². The molecule has 0 spiro atoms. The summed E-state index contributed by atoms with van der Waals surface area (Å²) >= 11 is 5.32. The van der Waals surface area contributed by atoms with Crippen LogP contribution in [0.5, 0.6) is 0 Å². The van der Waals surface area contributed by atoms with Gasteiger partial charge in [-0.25, -0.2) is 8.78 Å². The molecule has 0 unspecified atom stereocenters. The SMILES string of the molecule is F[C@]1(Cl)CCC[C@@]2(F)O[C@@H]12. The van der Waals surface area contributed by atoms with Gasteiger partial charge in [0.1, 0.15) is 0 Å². The molecule has 1 aliphatic carbocycles. The van der Waals surface area contributed by atoms with Crippen molar-refractivity contribution in [2.75, 3.05) is 0 Å². The molecule has 4 heteroatoms. The first-order valence-electron chi connectivity index (χ1n) is 3.29. The molecule has 1 saturated carbocycles. The van der Waals surface area contributed by atoms with Crippen LogP contribution in [0.2, 0.25) is 0 Å². The highest BCUT2D eigenvalue weighted by Gasteiger charge is 2.70. The molecule has 1 saturated heterocycles. The molecule has 0 aromatic heterocycles. The smallest absolute Gasteiger partial charge is 0.240 e. The van der Waals surface area contributed by atoms with Gasteiger partial charge in [0.15, 0.2) is 6.10 Å². The summed E-state index contributed by atoms with van der Waals surface area (Å²) in [5.41, 5.74) is 0. The third-order valence-corrected chi connectivity index (χ3v) is 2.45. The Balaban J connectivity index is 2.16.